The van der Waals surface area contributed by atoms with Gasteiger partial charge in [-0.1, -0.05) is 40.5 Å². The highest BCUT2D eigenvalue weighted by molar-refractivity contribution is 7.09. The summed E-state index contributed by atoms with van der Waals surface area (Å²) in [6.45, 7) is 10.2. The molecule has 1 saturated heterocycles. The molecule has 0 spiro atoms. The van der Waals surface area contributed by atoms with Crippen molar-refractivity contribution in [3.63, 3.8) is 0 Å². The summed E-state index contributed by atoms with van der Waals surface area (Å²) in [7, 11) is 0. The van der Waals surface area contributed by atoms with Gasteiger partial charge in [0.1, 0.15) is 0 Å². The lowest BCUT2D eigenvalue weighted by Crippen LogP contribution is -2.46. The Bertz CT molecular complexity index is 395. The van der Waals surface area contributed by atoms with Gasteiger partial charge in [0, 0.05) is 22.8 Å². The monoisotopic (exact) mass is 280 g/mol. The van der Waals surface area contributed by atoms with Gasteiger partial charge in [0.2, 0.25) is 0 Å². The molecule has 0 aliphatic carbocycles. The summed E-state index contributed by atoms with van der Waals surface area (Å²) in [5.74, 6) is 0. The van der Waals surface area contributed by atoms with Gasteiger partial charge in [-0.05, 0) is 25.8 Å². The Morgan fingerprint density at radius 3 is 2.74 bits per heavy atom. The van der Waals surface area contributed by atoms with Crippen LogP contribution in [0.3, 0.4) is 0 Å². The van der Waals surface area contributed by atoms with Gasteiger partial charge in [-0.25, -0.2) is 4.98 Å². The van der Waals surface area contributed by atoms with E-state index in [4.69, 9.17) is 4.98 Å². The number of thiazole rings is 1. The number of nitrogens with one attached hydrogen (secondary N) is 1. The third kappa shape index (κ3) is 3.79. The quantitative estimate of drug-likeness (QED) is 0.893. The molecule has 1 unspecified atom stereocenters. The third-order valence-electron chi connectivity index (χ3n) is 4.32. The minimum Gasteiger partial charge on any atom is -0.311 e. The topological polar surface area (TPSA) is 24.9 Å². The van der Waals surface area contributed by atoms with Gasteiger partial charge in [-0.3, -0.25) is 0 Å². The van der Waals surface area contributed by atoms with Crippen LogP contribution in [0.2, 0.25) is 0 Å². The van der Waals surface area contributed by atoms with Crippen molar-refractivity contribution in [2.75, 3.05) is 6.54 Å². The van der Waals surface area contributed by atoms with Gasteiger partial charge in [-0.15, -0.1) is 11.3 Å². The summed E-state index contributed by atoms with van der Waals surface area (Å²) >= 11 is 1.84. The lowest BCUT2D eigenvalue weighted by atomic mass is 9.87. The van der Waals surface area contributed by atoms with Crippen LogP contribution in [0.1, 0.15) is 70.5 Å². The Morgan fingerprint density at radius 2 is 2.11 bits per heavy atom. The zero-order chi connectivity index (χ0) is 13.9. The van der Waals surface area contributed by atoms with E-state index in [2.05, 4.69) is 38.4 Å². The Labute approximate surface area is 122 Å². The van der Waals surface area contributed by atoms with Gasteiger partial charge in [0.15, 0.2) is 0 Å². The summed E-state index contributed by atoms with van der Waals surface area (Å²) in [5, 5.41) is 7.36. The fraction of sp³-hybridized carbons (Fsp3) is 0.812. The van der Waals surface area contributed by atoms with Crippen LogP contribution in [0.15, 0.2) is 5.38 Å². The molecule has 0 bridgehead atoms. The first-order valence-electron chi connectivity index (χ1n) is 7.65. The zero-order valence-electron chi connectivity index (χ0n) is 12.9. The molecule has 0 radical (unpaired) electrons. The third-order valence-corrected chi connectivity index (χ3v) is 5.17. The van der Waals surface area contributed by atoms with Gasteiger partial charge in [-0.2, -0.15) is 0 Å². The first kappa shape index (κ1) is 15.0. The SMILES string of the molecule is CCC1(Cc2nc(C(C)(C)C)cs2)CCCCCN1. The van der Waals surface area contributed by atoms with Crippen molar-refractivity contribution >= 4 is 11.3 Å². The second-order valence-electron chi connectivity index (χ2n) is 6.92. The molecule has 1 aromatic heterocycles. The van der Waals surface area contributed by atoms with E-state index in [0.29, 0.717) is 5.54 Å². The fourth-order valence-corrected chi connectivity index (χ4v) is 3.98. The van der Waals surface area contributed by atoms with E-state index >= 15 is 0 Å². The lowest BCUT2D eigenvalue weighted by molar-refractivity contribution is 0.301. The molecule has 1 aliphatic heterocycles. The van der Waals surface area contributed by atoms with E-state index in [9.17, 15) is 0 Å². The van der Waals surface area contributed by atoms with Crippen LogP contribution in [0.25, 0.3) is 0 Å². The minimum atomic E-state index is 0.172. The van der Waals surface area contributed by atoms with Crippen molar-refractivity contribution in [1.29, 1.82) is 0 Å². The number of hydrogen-bond donors (Lipinski definition) is 1. The molecule has 108 valence electrons. The first-order chi connectivity index (χ1) is 8.95. The molecule has 1 atom stereocenters. The van der Waals surface area contributed by atoms with E-state index in [1.807, 2.05) is 11.3 Å². The maximum Gasteiger partial charge on any atom is 0.0946 e. The lowest BCUT2D eigenvalue weighted by Gasteiger charge is -2.32. The Kier molecular flexibility index (Phi) is 4.67. The molecule has 2 heterocycles. The smallest absolute Gasteiger partial charge is 0.0946 e. The molecule has 1 aliphatic rings. The van der Waals surface area contributed by atoms with Crippen molar-refractivity contribution in [3.05, 3.63) is 16.1 Å². The van der Waals surface area contributed by atoms with Crippen molar-refractivity contribution in [3.8, 4) is 0 Å². The molecule has 0 saturated carbocycles. The highest BCUT2D eigenvalue weighted by Crippen LogP contribution is 2.30. The molecule has 0 amide bonds. The van der Waals surface area contributed by atoms with Gasteiger partial charge in [0.05, 0.1) is 10.7 Å². The number of nitrogens with zero attached hydrogens (tertiary/aromatic N) is 1. The zero-order valence-corrected chi connectivity index (χ0v) is 13.7. The van der Waals surface area contributed by atoms with Crippen LogP contribution in [0.5, 0.6) is 0 Å². The number of aromatic nitrogens is 1. The molecule has 2 nitrogen and oxygen atoms in total. The van der Waals surface area contributed by atoms with Crippen LogP contribution in [-0.2, 0) is 11.8 Å². The van der Waals surface area contributed by atoms with Gasteiger partial charge < -0.3 is 5.32 Å². The van der Waals surface area contributed by atoms with Crippen LogP contribution >= 0.6 is 11.3 Å². The molecule has 19 heavy (non-hydrogen) atoms. The maximum absolute atomic E-state index is 4.88. The summed E-state index contributed by atoms with van der Waals surface area (Å²) in [6.07, 6.45) is 7.67. The average Bonchev–Trinajstić information content (AvgIpc) is 2.69. The summed E-state index contributed by atoms with van der Waals surface area (Å²) in [5.41, 5.74) is 1.71. The fourth-order valence-electron chi connectivity index (χ4n) is 2.81. The predicted molar refractivity (Wildman–Crippen MR) is 84.0 cm³/mol. The van der Waals surface area contributed by atoms with Crippen LogP contribution in [0, 0.1) is 0 Å². The molecule has 1 N–H and O–H groups in total. The Hall–Kier alpha value is -0.410. The van der Waals surface area contributed by atoms with Crippen molar-refractivity contribution in [2.24, 2.45) is 0 Å². The van der Waals surface area contributed by atoms with Crippen LogP contribution in [-0.4, -0.2) is 17.1 Å². The number of rotatable bonds is 3. The average molecular weight is 280 g/mol. The Morgan fingerprint density at radius 1 is 1.32 bits per heavy atom. The Balaban J connectivity index is 2.11. The molecule has 1 aromatic rings. The molecular weight excluding hydrogens is 252 g/mol. The van der Waals surface area contributed by atoms with E-state index in [1.165, 1.54) is 49.4 Å². The maximum atomic E-state index is 4.88. The van der Waals surface area contributed by atoms with Crippen molar-refractivity contribution in [1.82, 2.24) is 10.3 Å². The summed E-state index contributed by atoms with van der Waals surface area (Å²) < 4.78 is 0. The number of hydrogen-bond acceptors (Lipinski definition) is 3. The second kappa shape index (κ2) is 5.92. The minimum absolute atomic E-state index is 0.172. The predicted octanol–water partition coefficient (Wildman–Crippen LogP) is 4.30. The molecule has 2 rings (SSSR count). The van der Waals surface area contributed by atoms with E-state index in [0.717, 1.165) is 6.42 Å². The summed E-state index contributed by atoms with van der Waals surface area (Å²) in [6, 6.07) is 0. The normalized spacial score (nSPS) is 25.3. The van der Waals surface area contributed by atoms with Crippen LogP contribution < -0.4 is 5.32 Å². The van der Waals surface area contributed by atoms with Gasteiger partial charge in [0.25, 0.3) is 0 Å². The van der Waals surface area contributed by atoms with Gasteiger partial charge >= 0.3 is 0 Å². The molecule has 0 aromatic carbocycles. The van der Waals surface area contributed by atoms with Crippen LogP contribution in [0.4, 0.5) is 0 Å². The largest absolute Gasteiger partial charge is 0.311 e. The van der Waals surface area contributed by atoms with E-state index in [1.54, 1.807) is 0 Å². The highest BCUT2D eigenvalue weighted by Gasteiger charge is 2.30. The molecule has 3 heteroatoms. The van der Waals surface area contributed by atoms with Crippen molar-refractivity contribution in [2.45, 2.75) is 77.2 Å². The molecular formula is C16H28N2S. The summed E-state index contributed by atoms with van der Waals surface area (Å²) in [4.78, 5) is 4.88. The van der Waals surface area contributed by atoms with E-state index < -0.39 is 0 Å². The second-order valence-corrected chi connectivity index (χ2v) is 7.87. The van der Waals surface area contributed by atoms with Crippen molar-refractivity contribution < 1.29 is 0 Å². The first-order valence-corrected chi connectivity index (χ1v) is 8.53. The molecule has 1 fully saturated rings. The van der Waals surface area contributed by atoms with E-state index in [-0.39, 0.29) is 5.41 Å². The standard InChI is InChI=1S/C16H28N2S/c1-5-16(9-7-6-8-10-17-16)11-14-18-13(12-19-14)15(2,3)4/h12,17H,5-11H2,1-4H3. The highest BCUT2D eigenvalue weighted by atomic mass is 32.1.